The van der Waals surface area contributed by atoms with E-state index in [-0.39, 0.29) is 36.8 Å². The summed E-state index contributed by atoms with van der Waals surface area (Å²) in [5, 5.41) is 0. The van der Waals surface area contributed by atoms with Crippen LogP contribution in [0.4, 0.5) is 4.39 Å². The first-order chi connectivity index (χ1) is 12.1. The molecule has 2 N–H and O–H groups in total. The number of nitrogens with two attached hydrogens (primary N) is 1. The molecule has 1 saturated heterocycles. The van der Waals surface area contributed by atoms with Gasteiger partial charge in [0.05, 0.1) is 5.56 Å². The highest BCUT2D eigenvalue weighted by molar-refractivity contribution is 5.97. The molecule has 0 aromatic heterocycles. The van der Waals surface area contributed by atoms with E-state index < -0.39 is 0 Å². The third-order valence-corrected chi connectivity index (χ3v) is 4.68. The molecule has 1 aliphatic heterocycles. The minimum absolute atomic E-state index is 0. The zero-order chi connectivity index (χ0) is 17.8. The van der Waals surface area contributed by atoms with Gasteiger partial charge in [0.1, 0.15) is 18.2 Å². The summed E-state index contributed by atoms with van der Waals surface area (Å²) in [7, 11) is 0. The SMILES string of the molecule is CC1CC(CN)CN1C(=O)c1ccccc1OCc1ccc(F)cc1.Cl. The number of nitrogens with zero attached hydrogens (tertiary/aromatic N) is 1. The summed E-state index contributed by atoms with van der Waals surface area (Å²) in [6, 6.07) is 13.6. The fourth-order valence-corrected chi connectivity index (χ4v) is 3.26. The van der Waals surface area contributed by atoms with Crippen LogP contribution in [0.15, 0.2) is 48.5 Å². The smallest absolute Gasteiger partial charge is 0.257 e. The molecule has 0 saturated carbocycles. The first kappa shape index (κ1) is 20.2. The van der Waals surface area contributed by atoms with Crippen LogP contribution in [-0.4, -0.2) is 29.9 Å². The van der Waals surface area contributed by atoms with Crippen LogP contribution < -0.4 is 10.5 Å². The maximum absolute atomic E-state index is 13.0. The number of ether oxygens (including phenoxy) is 1. The van der Waals surface area contributed by atoms with Gasteiger partial charge in [0.15, 0.2) is 0 Å². The molecule has 140 valence electrons. The number of likely N-dealkylation sites (tertiary alicyclic amines) is 1. The van der Waals surface area contributed by atoms with Gasteiger partial charge in [0.25, 0.3) is 5.91 Å². The molecule has 2 atom stereocenters. The predicted molar refractivity (Wildman–Crippen MR) is 102 cm³/mol. The second-order valence-electron chi connectivity index (χ2n) is 6.56. The number of hydrogen-bond donors (Lipinski definition) is 1. The summed E-state index contributed by atoms with van der Waals surface area (Å²) < 4.78 is 18.8. The molecule has 0 spiro atoms. The second-order valence-corrected chi connectivity index (χ2v) is 6.56. The number of carbonyl (C=O) groups is 1. The molecular formula is C20H24ClFN2O2. The maximum Gasteiger partial charge on any atom is 0.257 e. The molecule has 0 bridgehead atoms. The Hall–Kier alpha value is -2.11. The Bertz CT molecular complexity index is 739. The number of carbonyl (C=O) groups excluding carboxylic acids is 1. The van der Waals surface area contributed by atoms with Crippen molar-refractivity contribution in [2.24, 2.45) is 11.7 Å². The molecule has 0 aliphatic carbocycles. The highest BCUT2D eigenvalue weighted by Gasteiger charge is 2.33. The van der Waals surface area contributed by atoms with Crippen molar-refractivity contribution in [3.05, 3.63) is 65.5 Å². The third-order valence-electron chi connectivity index (χ3n) is 4.68. The zero-order valence-electron chi connectivity index (χ0n) is 14.7. The predicted octanol–water partition coefficient (Wildman–Crippen LogP) is 3.64. The Morgan fingerprint density at radius 2 is 1.92 bits per heavy atom. The minimum Gasteiger partial charge on any atom is -0.488 e. The van der Waals surface area contributed by atoms with Crippen molar-refractivity contribution in [1.29, 1.82) is 0 Å². The average Bonchev–Trinajstić information content (AvgIpc) is 3.02. The number of halogens is 2. The third kappa shape index (κ3) is 4.54. The number of hydrogen-bond acceptors (Lipinski definition) is 3. The highest BCUT2D eigenvalue weighted by Crippen LogP contribution is 2.28. The van der Waals surface area contributed by atoms with E-state index in [2.05, 4.69) is 6.92 Å². The van der Waals surface area contributed by atoms with Gasteiger partial charge in [-0.15, -0.1) is 12.4 Å². The van der Waals surface area contributed by atoms with E-state index in [1.54, 1.807) is 24.3 Å². The Morgan fingerprint density at radius 3 is 2.58 bits per heavy atom. The van der Waals surface area contributed by atoms with E-state index in [1.807, 2.05) is 17.0 Å². The average molecular weight is 379 g/mol. The van der Waals surface area contributed by atoms with Gasteiger partial charge in [-0.1, -0.05) is 24.3 Å². The highest BCUT2D eigenvalue weighted by atomic mass is 35.5. The van der Waals surface area contributed by atoms with Crippen LogP contribution in [0.3, 0.4) is 0 Å². The van der Waals surface area contributed by atoms with Crippen LogP contribution in [0.1, 0.15) is 29.3 Å². The lowest BCUT2D eigenvalue weighted by Gasteiger charge is -2.23. The summed E-state index contributed by atoms with van der Waals surface area (Å²) in [5.41, 5.74) is 7.16. The molecule has 1 amide bonds. The topological polar surface area (TPSA) is 55.6 Å². The number of benzene rings is 2. The number of para-hydroxylation sites is 1. The molecule has 3 rings (SSSR count). The van der Waals surface area contributed by atoms with Crippen LogP contribution in [0.5, 0.6) is 5.75 Å². The van der Waals surface area contributed by atoms with Gasteiger partial charge in [0.2, 0.25) is 0 Å². The first-order valence-corrected chi connectivity index (χ1v) is 8.55. The minimum atomic E-state index is -0.281. The van der Waals surface area contributed by atoms with Gasteiger partial charge in [-0.3, -0.25) is 4.79 Å². The quantitative estimate of drug-likeness (QED) is 0.864. The van der Waals surface area contributed by atoms with Crippen molar-refractivity contribution in [2.45, 2.75) is 26.0 Å². The van der Waals surface area contributed by atoms with Gasteiger partial charge < -0.3 is 15.4 Å². The Balaban J connectivity index is 0.00000243. The van der Waals surface area contributed by atoms with E-state index >= 15 is 0 Å². The summed E-state index contributed by atoms with van der Waals surface area (Å²) in [6.07, 6.45) is 0.931. The lowest BCUT2D eigenvalue weighted by Crippen LogP contribution is -2.34. The molecule has 2 aromatic rings. The Labute approximate surface area is 159 Å². The number of amides is 1. The van der Waals surface area contributed by atoms with Crippen molar-refractivity contribution in [2.75, 3.05) is 13.1 Å². The molecule has 6 heteroatoms. The van der Waals surface area contributed by atoms with Crippen LogP contribution in [0, 0.1) is 11.7 Å². The van der Waals surface area contributed by atoms with E-state index in [0.717, 1.165) is 12.0 Å². The van der Waals surface area contributed by atoms with Crippen molar-refractivity contribution in [1.82, 2.24) is 4.90 Å². The zero-order valence-corrected chi connectivity index (χ0v) is 15.5. The summed E-state index contributed by atoms with van der Waals surface area (Å²) >= 11 is 0. The monoisotopic (exact) mass is 378 g/mol. The molecule has 2 aromatic carbocycles. The lowest BCUT2D eigenvalue weighted by molar-refractivity contribution is 0.0738. The molecule has 26 heavy (non-hydrogen) atoms. The van der Waals surface area contributed by atoms with Crippen molar-refractivity contribution in [3.8, 4) is 5.75 Å². The molecule has 4 nitrogen and oxygen atoms in total. The van der Waals surface area contributed by atoms with Crippen LogP contribution in [-0.2, 0) is 6.61 Å². The Kier molecular flexibility index (Phi) is 7.00. The van der Waals surface area contributed by atoms with Crippen LogP contribution in [0.2, 0.25) is 0 Å². The van der Waals surface area contributed by atoms with Gasteiger partial charge in [0, 0.05) is 12.6 Å². The van der Waals surface area contributed by atoms with Crippen LogP contribution in [0.25, 0.3) is 0 Å². The van der Waals surface area contributed by atoms with E-state index in [9.17, 15) is 9.18 Å². The fraction of sp³-hybridized carbons (Fsp3) is 0.350. The van der Waals surface area contributed by atoms with Crippen molar-refractivity contribution < 1.29 is 13.9 Å². The molecular weight excluding hydrogens is 355 g/mol. The molecule has 1 aliphatic rings. The van der Waals surface area contributed by atoms with Gasteiger partial charge >= 0.3 is 0 Å². The summed E-state index contributed by atoms with van der Waals surface area (Å²) in [6.45, 7) is 3.61. The molecule has 1 fully saturated rings. The summed E-state index contributed by atoms with van der Waals surface area (Å²) in [4.78, 5) is 14.8. The summed E-state index contributed by atoms with van der Waals surface area (Å²) in [5.74, 6) is 0.585. The maximum atomic E-state index is 13.0. The van der Waals surface area contributed by atoms with Crippen molar-refractivity contribution in [3.63, 3.8) is 0 Å². The molecule has 2 unspecified atom stereocenters. The lowest BCUT2D eigenvalue weighted by atomic mass is 10.1. The largest absolute Gasteiger partial charge is 0.488 e. The van der Waals surface area contributed by atoms with E-state index in [1.165, 1.54) is 12.1 Å². The fourth-order valence-electron chi connectivity index (χ4n) is 3.26. The standard InChI is InChI=1S/C20H23FN2O2.ClH/c1-14-10-16(11-22)12-23(14)20(24)18-4-2-3-5-19(18)25-13-15-6-8-17(21)9-7-15;/h2-9,14,16H,10-13,22H2,1H3;1H. The molecule has 1 heterocycles. The second kappa shape index (κ2) is 9.01. The molecule has 0 radical (unpaired) electrons. The van der Waals surface area contributed by atoms with Crippen molar-refractivity contribution >= 4 is 18.3 Å². The van der Waals surface area contributed by atoms with E-state index in [0.29, 0.717) is 30.3 Å². The normalized spacial score (nSPS) is 19.1. The van der Waals surface area contributed by atoms with Crippen LogP contribution >= 0.6 is 12.4 Å². The van der Waals surface area contributed by atoms with Gasteiger partial charge in [-0.05, 0) is 55.6 Å². The first-order valence-electron chi connectivity index (χ1n) is 8.55. The number of rotatable bonds is 5. The van der Waals surface area contributed by atoms with Gasteiger partial charge in [-0.2, -0.15) is 0 Å². The van der Waals surface area contributed by atoms with Gasteiger partial charge in [-0.25, -0.2) is 4.39 Å². The Morgan fingerprint density at radius 1 is 1.23 bits per heavy atom. The van der Waals surface area contributed by atoms with E-state index in [4.69, 9.17) is 10.5 Å².